The maximum Gasteiger partial charge on any atom is 0.277 e. The highest BCUT2D eigenvalue weighted by molar-refractivity contribution is 7.98. The molecule has 1 aromatic heterocycles. The molecule has 0 spiro atoms. The molecule has 3 aromatic rings. The Morgan fingerprint density at radius 1 is 1.11 bits per heavy atom. The third-order valence-electron chi connectivity index (χ3n) is 3.97. The van der Waals surface area contributed by atoms with Crippen molar-refractivity contribution in [1.29, 1.82) is 0 Å². The molecule has 0 saturated heterocycles. The van der Waals surface area contributed by atoms with E-state index in [2.05, 4.69) is 10.2 Å². The summed E-state index contributed by atoms with van der Waals surface area (Å²) in [6.07, 6.45) is 0. The van der Waals surface area contributed by atoms with Crippen molar-refractivity contribution in [2.45, 2.75) is 11.0 Å². The molecule has 1 aliphatic rings. The lowest BCUT2D eigenvalue weighted by Crippen LogP contribution is -2.21. The first-order chi connectivity index (χ1) is 13.1. The maximum atomic E-state index is 12.1. The van der Waals surface area contributed by atoms with Gasteiger partial charge >= 0.3 is 0 Å². The van der Waals surface area contributed by atoms with Gasteiger partial charge in [0, 0.05) is 31.0 Å². The van der Waals surface area contributed by atoms with Crippen LogP contribution in [-0.2, 0) is 5.75 Å². The van der Waals surface area contributed by atoms with Gasteiger partial charge in [-0.05, 0) is 35.9 Å². The molecule has 8 heteroatoms. The Kier molecular flexibility index (Phi) is 4.72. The summed E-state index contributed by atoms with van der Waals surface area (Å²) >= 11 is 1.42. The van der Waals surface area contributed by atoms with Crippen LogP contribution >= 0.6 is 11.8 Å². The molecule has 2 aromatic carbocycles. The molecule has 0 bridgehead atoms. The number of carbonyl (C=O) groups is 1. The number of fused-ring (bicyclic) bond motifs is 1. The second-order valence-corrected chi connectivity index (χ2v) is 7.06. The number of nitrogens with zero attached hydrogens (tertiary/aromatic N) is 3. The van der Waals surface area contributed by atoms with Crippen LogP contribution in [0.25, 0.3) is 11.5 Å². The summed E-state index contributed by atoms with van der Waals surface area (Å²) in [7, 11) is 3.47. The Hall–Kier alpha value is -3.00. The minimum Gasteiger partial charge on any atom is -0.454 e. The number of carbonyl (C=O) groups excluding carboxylic acids is 1. The molecule has 2 heterocycles. The molecule has 0 atom stereocenters. The Morgan fingerprint density at radius 2 is 1.96 bits per heavy atom. The molecule has 0 unspecified atom stereocenters. The van der Waals surface area contributed by atoms with Crippen molar-refractivity contribution >= 4 is 17.7 Å². The van der Waals surface area contributed by atoms with Crippen LogP contribution in [0, 0.1) is 0 Å². The van der Waals surface area contributed by atoms with Gasteiger partial charge in [-0.3, -0.25) is 4.79 Å². The summed E-state index contributed by atoms with van der Waals surface area (Å²) in [5.41, 5.74) is 2.44. The Balaban J connectivity index is 1.44. The zero-order chi connectivity index (χ0) is 18.8. The predicted molar refractivity (Wildman–Crippen MR) is 99.9 cm³/mol. The highest BCUT2D eigenvalue weighted by Crippen LogP contribution is 2.36. The highest BCUT2D eigenvalue weighted by Gasteiger charge is 2.17. The van der Waals surface area contributed by atoms with Gasteiger partial charge in [0.05, 0.1) is 0 Å². The maximum absolute atomic E-state index is 12.1. The van der Waals surface area contributed by atoms with Crippen LogP contribution in [0.15, 0.2) is 52.1 Å². The Labute approximate surface area is 160 Å². The van der Waals surface area contributed by atoms with Crippen LogP contribution in [0.2, 0.25) is 0 Å². The summed E-state index contributed by atoms with van der Waals surface area (Å²) in [6, 6.07) is 13.0. The van der Waals surface area contributed by atoms with E-state index in [0.29, 0.717) is 33.9 Å². The second-order valence-electron chi connectivity index (χ2n) is 6.13. The van der Waals surface area contributed by atoms with E-state index in [-0.39, 0.29) is 12.7 Å². The zero-order valence-corrected chi connectivity index (χ0v) is 15.7. The number of hydrogen-bond acceptors (Lipinski definition) is 7. The predicted octanol–water partition coefficient (Wildman–Crippen LogP) is 3.46. The third-order valence-corrected chi connectivity index (χ3v) is 4.86. The lowest BCUT2D eigenvalue weighted by Gasteiger charge is -2.10. The van der Waals surface area contributed by atoms with Gasteiger partial charge in [0.1, 0.15) is 0 Å². The Morgan fingerprint density at radius 3 is 2.81 bits per heavy atom. The average Bonchev–Trinajstić information content (AvgIpc) is 3.34. The molecule has 7 nitrogen and oxygen atoms in total. The first-order valence-corrected chi connectivity index (χ1v) is 9.25. The number of ether oxygens (including phenoxy) is 2. The molecule has 1 amide bonds. The van der Waals surface area contributed by atoms with Gasteiger partial charge in [-0.15, -0.1) is 10.2 Å². The van der Waals surface area contributed by atoms with E-state index < -0.39 is 0 Å². The van der Waals surface area contributed by atoms with E-state index in [9.17, 15) is 4.79 Å². The molecular formula is C19H17N3O4S. The summed E-state index contributed by atoms with van der Waals surface area (Å²) in [5.74, 6) is 2.40. The number of amides is 1. The first-order valence-electron chi connectivity index (χ1n) is 8.27. The van der Waals surface area contributed by atoms with E-state index in [1.54, 1.807) is 25.1 Å². The fraction of sp³-hybridized carbons (Fsp3) is 0.211. The molecule has 138 valence electrons. The normalized spacial score (nSPS) is 12.2. The van der Waals surface area contributed by atoms with Crippen molar-refractivity contribution in [3.63, 3.8) is 0 Å². The highest BCUT2D eigenvalue weighted by atomic mass is 32.2. The minimum atomic E-state index is -0.0234. The molecule has 0 saturated carbocycles. The quantitative estimate of drug-likeness (QED) is 0.624. The van der Waals surface area contributed by atoms with Crippen LogP contribution in [0.4, 0.5) is 0 Å². The van der Waals surface area contributed by atoms with Gasteiger partial charge in [-0.1, -0.05) is 23.9 Å². The molecule has 0 fully saturated rings. The van der Waals surface area contributed by atoms with Crippen LogP contribution in [-0.4, -0.2) is 41.9 Å². The summed E-state index contributed by atoms with van der Waals surface area (Å²) < 4.78 is 16.4. The van der Waals surface area contributed by atoms with Crippen molar-refractivity contribution in [2.75, 3.05) is 20.9 Å². The fourth-order valence-electron chi connectivity index (χ4n) is 2.61. The van der Waals surface area contributed by atoms with Gasteiger partial charge in [-0.25, -0.2) is 0 Å². The molecule has 4 rings (SSSR count). The van der Waals surface area contributed by atoms with Crippen LogP contribution < -0.4 is 9.47 Å². The minimum absolute atomic E-state index is 0.0234. The van der Waals surface area contributed by atoms with Crippen molar-refractivity contribution in [2.24, 2.45) is 0 Å². The number of benzene rings is 2. The topological polar surface area (TPSA) is 77.7 Å². The van der Waals surface area contributed by atoms with E-state index in [4.69, 9.17) is 13.9 Å². The van der Waals surface area contributed by atoms with Crippen LogP contribution in [0.3, 0.4) is 0 Å². The number of rotatable bonds is 5. The van der Waals surface area contributed by atoms with Gasteiger partial charge < -0.3 is 18.8 Å². The van der Waals surface area contributed by atoms with Crippen LogP contribution in [0.5, 0.6) is 11.5 Å². The number of aromatic nitrogens is 2. The SMILES string of the molecule is CN(C)C(=O)c1cccc(CSc2nnc(-c3ccc4c(c3)OCO4)o2)c1. The van der Waals surface area contributed by atoms with Gasteiger partial charge in [0.25, 0.3) is 11.1 Å². The second kappa shape index (κ2) is 7.32. The summed E-state index contributed by atoms with van der Waals surface area (Å²) in [6.45, 7) is 0.221. The molecule has 0 N–H and O–H groups in total. The fourth-order valence-corrected chi connectivity index (χ4v) is 3.32. The third kappa shape index (κ3) is 3.75. The zero-order valence-electron chi connectivity index (χ0n) is 14.8. The number of hydrogen-bond donors (Lipinski definition) is 0. The van der Waals surface area contributed by atoms with Crippen molar-refractivity contribution in [3.05, 3.63) is 53.6 Å². The van der Waals surface area contributed by atoms with E-state index in [0.717, 1.165) is 11.1 Å². The smallest absolute Gasteiger partial charge is 0.277 e. The molecule has 1 aliphatic heterocycles. The van der Waals surface area contributed by atoms with Gasteiger partial charge in [0.2, 0.25) is 12.7 Å². The molecule has 0 aliphatic carbocycles. The van der Waals surface area contributed by atoms with Crippen molar-refractivity contribution in [1.82, 2.24) is 15.1 Å². The average molecular weight is 383 g/mol. The van der Waals surface area contributed by atoms with Gasteiger partial charge in [0.15, 0.2) is 11.5 Å². The monoisotopic (exact) mass is 383 g/mol. The lowest BCUT2D eigenvalue weighted by molar-refractivity contribution is 0.0827. The van der Waals surface area contributed by atoms with Gasteiger partial charge in [-0.2, -0.15) is 0 Å². The molecule has 0 radical (unpaired) electrons. The van der Waals surface area contributed by atoms with E-state index >= 15 is 0 Å². The van der Waals surface area contributed by atoms with Crippen molar-refractivity contribution in [3.8, 4) is 23.0 Å². The Bertz CT molecular complexity index is 987. The first kappa shape index (κ1) is 17.4. The summed E-state index contributed by atoms with van der Waals surface area (Å²) in [5, 5.41) is 8.65. The largest absolute Gasteiger partial charge is 0.454 e. The number of thioether (sulfide) groups is 1. The molecular weight excluding hydrogens is 366 g/mol. The van der Waals surface area contributed by atoms with E-state index in [1.807, 2.05) is 36.4 Å². The standard InChI is InChI=1S/C19H17N3O4S/c1-22(2)18(23)14-5-3-4-12(8-14)10-27-19-21-20-17(26-19)13-6-7-15-16(9-13)25-11-24-15/h3-9H,10-11H2,1-2H3. The summed E-state index contributed by atoms with van der Waals surface area (Å²) in [4.78, 5) is 13.6. The lowest BCUT2D eigenvalue weighted by atomic mass is 10.1. The van der Waals surface area contributed by atoms with E-state index in [1.165, 1.54) is 11.8 Å². The van der Waals surface area contributed by atoms with Crippen molar-refractivity contribution < 1.29 is 18.7 Å². The molecule has 27 heavy (non-hydrogen) atoms. The van der Waals surface area contributed by atoms with Crippen LogP contribution in [0.1, 0.15) is 15.9 Å².